The SMILES string of the molecule is CC(=O)c1ccc(NC(C)COc2ccc(C)cc2)cc1. The largest absolute Gasteiger partial charge is 0.491 e. The summed E-state index contributed by atoms with van der Waals surface area (Å²) < 4.78 is 5.74. The maximum atomic E-state index is 11.2. The average molecular weight is 283 g/mol. The second kappa shape index (κ2) is 6.93. The van der Waals surface area contributed by atoms with Gasteiger partial charge >= 0.3 is 0 Å². The van der Waals surface area contributed by atoms with E-state index in [0.717, 1.165) is 17.0 Å². The van der Waals surface area contributed by atoms with Gasteiger partial charge in [-0.1, -0.05) is 17.7 Å². The Kier molecular flexibility index (Phi) is 4.99. The van der Waals surface area contributed by atoms with Gasteiger partial charge in [0.05, 0.1) is 6.04 Å². The summed E-state index contributed by atoms with van der Waals surface area (Å²) in [4.78, 5) is 11.2. The first-order valence-corrected chi connectivity index (χ1v) is 7.11. The lowest BCUT2D eigenvalue weighted by Crippen LogP contribution is -2.23. The minimum atomic E-state index is 0.0808. The number of hydrogen-bond donors (Lipinski definition) is 1. The topological polar surface area (TPSA) is 38.3 Å². The zero-order chi connectivity index (χ0) is 15.2. The van der Waals surface area contributed by atoms with E-state index in [0.29, 0.717) is 6.61 Å². The van der Waals surface area contributed by atoms with Crippen LogP contribution in [0.25, 0.3) is 0 Å². The van der Waals surface area contributed by atoms with E-state index in [-0.39, 0.29) is 11.8 Å². The van der Waals surface area contributed by atoms with Crippen molar-refractivity contribution in [2.24, 2.45) is 0 Å². The molecule has 0 aliphatic carbocycles. The third-order valence-corrected chi connectivity index (χ3v) is 3.23. The summed E-state index contributed by atoms with van der Waals surface area (Å²) in [5.41, 5.74) is 2.93. The van der Waals surface area contributed by atoms with Gasteiger partial charge in [-0.3, -0.25) is 4.79 Å². The van der Waals surface area contributed by atoms with Crippen molar-refractivity contribution >= 4 is 11.5 Å². The highest BCUT2D eigenvalue weighted by Crippen LogP contribution is 2.14. The number of nitrogens with one attached hydrogen (secondary N) is 1. The van der Waals surface area contributed by atoms with Crippen LogP contribution >= 0.6 is 0 Å². The average Bonchev–Trinajstić information content (AvgIpc) is 2.47. The van der Waals surface area contributed by atoms with Crippen LogP contribution in [0.15, 0.2) is 48.5 Å². The summed E-state index contributed by atoms with van der Waals surface area (Å²) in [7, 11) is 0. The van der Waals surface area contributed by atoms with E-state index < -0.39 is 0 Å². The molecule has 0 spiro atoms. The molecule has 0 saturated heterocycles. The van der Waals surface area contributed by atoms with E-state index in [9.17, 15) is 4.79 Å². The summed E-state index contributed by atoms with van der Waals surface area (Å²) in [5.74, 6) is 0.957. The van der Waals surface area contributed by atoms with Crippen molar-refractivity contribution in [3.05, 3.63) is 59.7 Å². The highest BCUT2D eigenvalue weighted by Gasteiger charge is 2.04. The monoisotopic (exact) mass is 283 g/mol. The lowest BCUT2D eigenvalue weighted by Gasteiger charge is -2.16. The molecule has 1 unspecified atom stereocenters. The van der Waals surface area contributed by atoms with Crippen LogP contribution in [0, 0.1) is 6.92 Å². The standard InChI is InChI=1S/C18H21NO2/c1-13-4-10-18(11-5-13)21-12-14(2)19-17-8-6-16(7-9-17)15(3)20/h4-11,14,19H,12H2,1-3H3. The van der Waals surface area contributed by atoms with Crippen LogP contribution in [0.4, 0.5) is 5.69 Å². The van der Waals surface area contributed by atoms with E-state index in [1.54, 1.807) is 6.92 Å². The third kappa shape index (κ3) is 4.63. The summed E-state index contributed by atoms with van der Waals surface area (Å²) in [6, 6.07) is 15.7. The number of benzene rings is 2. The van der Waals surface area contributed by atoms with Gasteiger partial charge in [0.15, 0.2) is 5.78 Å². The Morgan fingerprint density at radius 3 is 2.29 bits per heavy atom. The number of carbonyl (C=O) groups excluding carboxylic acids is 1. The van der Waals surface area contributed by atoms with Crippen LogP contribution in [0.1, 0.15) is 29.8 Å². The van der Waals surface area contributed by atoms with Crippen LogP contribution in [-0.4, -0.2) is 18.4 Å². The van der Waals surface area contributed by atoms with Gasteiger partial charge in [0.25, 0.3) is 0 Å². The molecule has 0 aromatic heterocycles. The van der Waals surface area contributed by atoms with Crippen LogP contribution < -0.4 is 10.1 Å². The van der Waals surface area contributed by atoms with Gasteiger partial charge in [0, 0.05) is 11.3 Å². The van der Waals surface area contributed by atoms with E-state index in [1.807, 2.05) is 48.5 Å². The quantitative estimate of drug-likeness (QED) is 0.812. The number of anilines is 1. The number of ether oxygens (including phenoxy) is 1. The van der Waals surface area contributed by atoms with Crippen LogP contribution in [-0.2, 0) is 0 Å². The fourth-order valence-corrected chi connectivity index (χ4v) is 1.98. The Bertz CT molecular complexity index is 588. The molecule has 3 nitrogen and oxygen atoms in total. The molecule has 1 N–H and O–H groups in total. The van der Waals surface area contributed by atoms with Gasteiger partial charge in [-0.2, -0.15) is 0 Å². The highest BCUT2D eigenvalue weighted by molar-refractivity contribution is 5.94. The van der Waals surface area contributed by atoms with Crippen molar-refractivity contribution in [1.29, 1.82) is 0 Å². The predicted molar refractivity (Wildman–Crippen MR) is 86.2 cm³/mol. The summed E-state index contributed by atoms with van der Waals surface area (Å²) in [6.45, 7) is 6.27. The lowest BCUT2D eigenvalue weighted by molar-refractivity contribution is 0.101. The van der Waals surface area contributed by atoms with E-state index >= 15 is 0 Å². The summed E-state index contributed by atoms with van der Waals surface area (Å²) >= 11 is 0. The number of hydrogen-bond acceptors (Lipinski definition) is 3. The fourth-order valence-electron chi connectivity index (χ4n) is 1.98. The molecule has 0 aliphatic heterocycles. The number of aryl methyl sites for hydroxylation is 1. The molecule has 0 heterocycles. The molecular formula is C18H21NO2. The first-order valence-electron chi connectivity index (χ1n) is 7.11. The molecule has 0 radical (unpaired) electrons. The normalized spacial score (nSPS) is 11.8. The Balaban J connectivity index is 1.85. The number of carbonyl (C=O) groups is 1. The Morgan fingerprint density at radius 2 is 1.71 bits per heavy atom. The molecule has 21 heavy (non-hydrogen) atoms. The molecule has 3 heteroatoms. The van der Waals surface area contributed by atoms with Gasteiger partial charge < -0.3 is 10.1 Å². The first-order chi connectivity index (χ1) is 10.0. The summed E-state index contributed by atoms with van der Waals surface area (Å²) in [5, 5.41) is 3.35. The number of ketones is 1. The molecule has 2 rings (SSSR count). The molecule has 0 fully saturated rings. The van der Waals surface area contributed by atoms with Crippen LogP contribution in [0.3, 0.4) is 0 Å². The van der Waals surface area contributed by atoms with Gasteiger partial charge in [-0.05, 0) is 57.2 Å². The molecule has 1 atom stereocenters. The maximum Gasteiger partial charge on any atom is 0.159 e. The lowest BCUT2D eigenvalue weighted by atomic mass is 10.1. The van der Waals surface area contributed by atoms with Crippen LogP contribution in [0.5, 0.6) is 5.75 Å². The smallest absolute Gasteiger partial charge is 0.159 e. The molecule has 0 amide bonds. The van der Waals surface area contributed by atoms with Crippen molar-refractivity contribution in [3.8, 4) is 5.75 Å². The van der Waals surface area contributed by atoms with Crippen LogP contribution in [0.2, 0.25) is 0 Å². The van der Waals surface area contributed by atoms with Crippen molar-refractivity contribution in [2.75, 3.05) is 11.9 Å². The third-order valence-electron chi connectivity index (χ3n) is 3.23. The van der Waals surface area contributed by atoms with E-state index in [1.165, 1.54) is 5.56 Å². The van der Waals surface area contributed by atoms with Gasteiger partial charge in [-0.25, -0.2) is 0 Å². The Labute approximate surface area is 126 Å². The molecular weight excluding hydrogens is 262 g/mol. The molecule has 0 aliphatic rings. The van der Waals surface area contributed by atoms with Crippen molar-refractivity contribution in [3.63, 3.8) is 0 Å². The Hall–Kier alpha value is -2.29. The van der Waals surface area contributed by atoms with E-state index in [2.05, 4.69) is 19.2 Å². The predicted octanol–water partition coefficient (Wildman–Crippen LogP) is 4.08. The summed E-state index contributed by atoms with van der Waals surface area (Å²) in [6.07, 6.45) is 0. The Morgan fingerprint density at radius 1 is 1.10 bits per heavy atom. The van der Waals surface area contributed by atoms with Gasteiger partial charge in [-0.15, -0.1) is 0 Å². The second-order valence-electron chi connectivity index (χ2n) is 5.30. The molecule has 110 valence electrons. The number of Topliss-reactive ketones (excluding diaryl/α,β-unsaturated/α-hetero) is 1. The first kappa shape index (κ1) is 15.1. The molecule has 0 bridgehead atoms. The van der Waals surface area contributed by atoms with Crippen molar-refractivity contribution < 1.29 is 9.53 Å². The number of rotatable bonds is 6. The molecule has 2 aromatic carbocycles. The highest BCUT2D eigenvalue weighted by atomic mass is 16.5. The van der Waals surface area contributed by atoms with Gasteiger partial charge in [0.2, 0.25) is 0 Å². The molecule has 0 saturated carbocycles. The zero-order valence-electron chi connectivity index (χ0n) is 12.7. The van der Waals surface area contributed by atoms with E-state index in [4.69, 9.17) is 4.74 Å². The minimum Gasteiger partial charge on any atom is -0.491 e. The van der Waals surface area contributed by atoms with Crippen molar-refractivity contribution in [1.82, 2.24) is 0 Å². The second-order valence-corrected chi connectivity index (χ2v) is 5.30. The zero-order valence-corrected chi connectivity index (χ0v) is 12.7. The van der Waals surface area contributed by atoms with Gasteiger partial charge in [0.1, 0.15) is 12.4 Å². The fraction of sp³-hybridized carbons (Fsp3) is 0.278. The molecule has 2 aromatic rings. The van der Waals surface area contributed by atoms with Crippen molar-refractivity contribution in [2.45, 2.75) is 26.8 Å². The maximum absolute atomic E-state index is 11.2. The minimum absolute atomic E-state index is 0.0808.